The van der Waals surface area contributed by atoms with Crippen molar-refractivity contribution in [2.24, 2.45) is 11.3 Å². The first-order valence-corrected chi connectivity index (χ1v) is 4.45. The van der Waals surface area contributed by atoms with Gasteiger partial charge in [-0.2, -0.15) is 0 Å². The monoisotopic (exact) mass is 172 g/mol. The Morgan fingerprint density at radius 3 is 1.92 bits per heavy atom. The van der Waals surface area contributed by atoms with Crippen molar-refractivity contribution >= 4 is 0 Å². The van der Waals surface area contributed by atoms with Gasteiger partial charge >= 0.3 is 0 Å². The van der Waals surface area contributed by atoms with Crippen LogP contribution in [0.3, 0.4) is 0 Å². The fourth-order valence-corrected chi connectivity index (χ4v) is 1.88. The van der Waals surface area contributed by atoms with E-state index < -0.39 is 5.60 Å². The molecule has 2 heterocycles. The second-order valence-electron chi connectivity index (χ2n) is 4.46. The fraction of sp³-hybridized carbons (Fsp3) is 1.00. The molecule has 0 amide bonds. The van der Waals surface area contributed by atoms with Gasteiger partial charge in [-0.3, -0.25) is 0 Å². The van der Waals surface area contributed by atoms with Crippen LogP contribution in [0.1, 0.15) is 13.8 Å². The zero-order valence-corrected chi connectivity index (χ0v) is 7.67. The van der Waals surface area contributed by atoms with Gasteiger partial charge in [0.2, 0.25) is 0 Å². The summed E-state index contributed by atoms with van der Waals surface area (Å²) in [7, 11) is 0. The van der Waals surface area contributed by atoms with Crippen molar-refractivity contribution in [2.45, 2.75) is 19.4 Å². The van der Waals surface area contributed by atoms with E-state index in [2.05, 4.69) is 13.8 Å². The van der Waals surface area contributed by atoms with E-state index in [-0.39, 0.29) is 11.3 Å². The molecule has 3 nitrogen and oxygen atoms in total. The molecule has 2 fully saturated rings. The standard InChI is InChI=1S/C9H16O3/c1-7(8(2)3-11-4-8)9(10)5-12-6-9/h7,10H,3-6H2,1-2H3. The molecule has 1 unspecified atom stereocenters. The smallest absolute Gasteiger partial charge is 0.114 e. The normalized spacial score (nSPS) is 33.2. The van der Waals surface area contributed by atoms with Crippen molar-refractivity contribution in [1.29, 1.82) is 0 Å². The SMILES string of the molecule is CC(C1(C)COC1)C1(O)COC1. The summed E-state index contributed by atoms with van der Waals surface area (Å²) in [6.45, 7) is 6.78. The van der Waals surface area contributed by atoms with Crippen LogP contribution in [0.5, 0.6) is 0 Å². The summed E-state index contributed by atoms with van der Waals surface area (Å²) in [5.41, 5.74) is -0.420. The molecule has 0 aromatic rings. The lowest BCUT2D eigenvalue weighted by Crippen LogP contribution is -2.62. The Hall–Kier alpha value is -0.120. The number of hydrogen-bond donors (Lipinski definition) is 1. The van der Waals surface area contributed by atoms with Crippen LogP contribution in [0, 0.1) is 11.3 Å². The van der Waals surface area contributed by atoms with E-state index in [0.717, 1.165) is 13.2 Å². The molecule has 0 bridgehead atoms. The molecule has 2 aliphatic heterocycles. The first-order chi connectivity index (χ1) is 5.57. The van der Waals surface area contributed by atoms with Crippen molar-refractivity contribution in [3.8, 4) is 0 Å². The van der Waals surface area contributed by atoms with Crippen LogP contribution in [-0.2, 0) is 9.47 Å². The van der Waals surface area contributed by atoms with Crippen molar-refractivity contribution in [3.05, 3.63) is 0 Å². The lowest BCUT2D eigenvalue weighted by atomic mass is 9.67. The summed E-state index contributed by atoms with van der Waals surface area (Å²) in [4.78, 5) is 0. The van der Waals surface area contributed by atoms with Crippen LogP contribution in [-0.4, -0.2) is 37.1 Å². The van der Waals surface area contributed by atoms with Crippen LogP contribution in [0.15, 0.2) is 0 Å². The van der Waals surface area contributed by atoms with Crippen LogP contribution in [0.4, 0.5) is 0 Å². The first-order valence-electron chi connectivity index (χ1n) is 4.45. The van der Waals surface area contributed by atoms with Gasteiger partial charge in [0.25, 0.3) is 0 Å². The topological polar surface area (TPSA) is 38.7 Å². The highest BCUT2D eigenvalue weighted by molar-refractivity contribution is 5.00. The maximum Gasteiger partial charge on any atom is 0.114 e. The van der Waals surface area contributed by atoms with E-state index in [9.17, 15) is 5.11 Å². The largest absolute Gasteiger partial charge is 0.385 e. The first kappa shape index (κ1) is 8.48. The molecule has 0 aromatic heterocycles. The summed E-state index contributed by atoms with van der Waals surface area (Å²) >= 11 is 0. The number of hydrogen-bond acceptors (Lipinski definition) is 3. The molecule has 0 aliphatic carbocycles. The third-order valence-corrected chi connectivity index (χ3v) is 3.42. The predicted molar refractivity (Wildman–Crippen MR) is 43.9 cm³/mol. The van der Waals surface area contributed by atoms with Gasteiger partial charge in [0.1, 0.15) is 5.60 Å². The van der Waals surface area contributed by atoms with Gasteiger partial charge in [0.05, 0.1) is 26.4 Å². The zero-order valence-electron chi connectivity index (χ0n) is 7.67. The Bertz CT molecular complexity index is 162. The van der Waals surface area contributed by atoms with Crippen molar-refractivity contribution in [2.75, 3.05) is 26.4 Å². The summed E-state index contributed by atoms with van der Waals surface area (Å²) < 4.78 is 10.2. The van der Waals surface area contributed by atoms with Gasteiger partial charge in [-0.25, -0.2) is 0 Å². The molecule has 0 aromatic carbocycles. The maximum absolute atomic E-state index is 10.00. The molecule has 1 N–H and O–H groups in total. The van der Waals surface area contributed by atoms with Gasteiger partial charge in [-0.1, -0.05) is 13.8 Å². The molecule has 2 rings (SSSR count). The van der Waals surface area contributed by atoms with Crippen LogP contribution < -0.4 is 0 Å². The minimum Gasteiger partial charge on any atom is -0.385 e. The molecule has 1 atom stereocenters. The molecule has 70 valence electrons. The summed E-state index contributed by atoms with van der Waals surface area (Å²) in [5.74, 6) is 0.271. The molecular weight excluding hydrogens is 156 g/mol. The molecule has 2 saturated heterocycles. The minimum atomic E-state index is -0.585. The zero-order chi connectivity index (χ0) is 8.82. The summed E-state index contributed by atoms with van der Waals surface area (Å²) in [6.07, 6.45) is 0. The van der Waals surface area contributed by atoms with Gasteiger partial charge in [-0.05, 0) is 5.92 Å². The van der Waals surface area contributed by atoms with E-state index in [0.29, 0.717) is 13.2 Å². The Kier molecular flexibility index (Phi) is 1.72. The number of ether oxygens (including phenoxy) is 2. The minimum absolute atomic E-state index is 0.165. The van der Waals surface area contributed by atoms with Crippen molar-refractivity contribution < 1.29 is 14.6 Å². The van der Waals surface area contributed by atoms with E-state index in [4.69, 9.17) is 9.47 Å². The third kappa shape index (κ3) is 1.00. The highest BCUT2D eigenvalue weighted by atomic mass is 16.5. The van der Waals surface area contributed by atoms with E-state index in [1.54, 1.807) is 0 Å². The Morgan fingerprint density at radius 2 is 1.67 bits per heavy atom. The van der Waals surface area contributed by atoms with Gasteiger partial charge in [0, 0.05) is 5.41 Å². The molecule has 2 aliphatic rings. The molecule has 0 spiro atoms. The maximum atomic E-state index is 10.00. The molecule has 0 saturated carbocycles. The lowest BCUT2D eigenvalue weighted by Gasteiger charge is -2.52. The van der Waals surface area contributed by atoms with Crippen molar-refractivity contribution in [3.63, 3.8) is 0 Å². The number of aliphatic hydroxyl groups is 1. The van der Waals surface area contributed by atoms with Gasteiger partial charge < -0.3 is 14.6 Å². The van der Waals surface area contributed by atoms with Crippen LogP contribution in [0.2, 0.25) is 0 Å². The molecule has 12 heavy (non-hydrogen) atoms. The second-order valence-corrected chi connectivity index (χ2v) is 4.46. The quantitative estimate of drug-likeness (QED) is 0.656. The predicted octanol–water partition coefficient (Wildman–Crippen LogP) is 0.420. The summed E-state index contributed by atoms with van der Waals surface area (Å²) in [5, 5.41) is 10.00. The number of rotatable bonds is 2. The molecule has 3 heteroatoms. The van der Waals surface area contributed by atoms with E-state index in [1.165, 1.54) is 0 Å². The van der Waals surface area contributed by atoms with Crippen molar-refractivity contribution in [1.82, 2.24) is 0 Å². The Balaban J connectivity index is 2.03. The highest BCUT2D eigenvalue weighted by Crippen LogP contribution is 2.43. The lowest BCUT2D eigenvalue weighted by molar-refractivity contribution is -0.256. The van der Waals surface area contributed by atoms with Crippen LogP contribution in [0.25, 0.3) is 0 Å². The van der Waals surface area contributed by atoms with E-state index in [1.807, 2.05) is 0 Å². The Labute approximate surface area is 72.7 Å². The van der Waals surface area contributed by atoms with Gasteiger partial charge in [0.15, 0.2) is 0 Å². The Morgan fingerprint density at radius 1 is 1.17 bits per heavy atom. The average Bonchev–Trinajstić information content (AvgIpc) is 1.94. The highest BCUT2D eigenvalue weighted by Gasteiger charge is 2.52. The molecule has 0 radical (unpaired) electrons. The fourth-order valence-electron chi connectivity index (χ4n) is 1.88. The van der Waals surface area contributed by atoms with Gasteiger partial charge in [-0.15, -0.1) is 0 Å². The third-order valence-electron chi connectivity index (χ3n) is 3.42. The molecular formula is C9H16O3. The van der Waals surface area contributed by atoms with E-state index >= 15 is 0 Å². The van der Waals surface area contributed by atoms with Crippen LogP contribution >= 0.6 is 0 Å². The second kappa shape index (κ2) is 2.44. The average molecular weight is 172 g/mol. The summed E-state index contributed by atoms with van der Waals surface area (Å²) in [6, 6.07) is 0.